The molecule has 19 heavy (non-hydrogen) atoms. The molecule has 0 radical (unpaired) electrons. The van der Waals surface area contributed by atoms with Crippen LogP contribution >= 0.6 is 0 Å². The summed E-state index contributed by atoms with van der Waals surface area (Å²) in [5.41, 5.74) is 1.48. The molecule has 2 atom stereocenters. The van der Waals surface area contributed by atoms with Crippen LogP contribution in [0.3, 0.4) is 0 Å². The molecule has 1 spiro atoms. The fourth-order valence-corrected chi connectivity index (χ4v) is 3.58. The van der Waals surface area contributed by atoms with Crippen LogP contribution in [0.25, 0.3) is 0 Å². The zero-order valence-electron chi connectivity index (χ0n) is 12.3. The van der Waals surface area contributed by atoms with Crippen molar-refractivity contribution < 1.29 is 9.53 Å². The van der Waals surface area contributed by atoms with Gasteiger partial charge in [-0.1, -0.05) is 37.1 Å². The average molecular weight is 262 g/mol. The van der Waals surface area contributed by atoms with E-state index in [9.17, 15) is 4.79 Å². The molecule has 0 aromatic heterocycles. The van der Waals surface area contributed by atoms with Crippen LogP contribution in [-0.4, -0.2) is 12.6 Å². The standard InChI is InChI=1S/C17H26O2/c1-3-5-9-14-10-11-15(16(18)19-4-2)17(14)12-7-6-8-13-17/h7,10,12,15H,3-6,8-9,11,13H2,1-2H3. The van der Waals surface area contributed by atoms with Crippen molar-refractivity contribution in [3.8, 4) is 0 Å². The van der Waals surface area contributed by atoms with Gasteiger partial charge in [-0.05, 0) is 45.4 Å². The maximum absolute atomic E-state index is 12.2. The minimum atomic E-state index is -0.0142. The van der Waals surface area contributed by atoms with Gasteiger partial charge in [-0.15, -0.1) is 0 Å². The fourth-order valence-electron chi connectivity index (χ4n) is 3.58. The van der Waals surface area contributed by atoms with Gasteiger partial charge in [-0.3, -0.25) is 4.79 Å². The molecular weight excluding hydrogens is 236 g/mol. The number of unbranched alkanes of at least 4 members (excludes halogenated alkanes) is 1. The third-order valence-electron chi connectivity index (χ3n) is 4.57. The predicted octanol–water partition coefficient (Wildman–Crippen LogP) is 4.41. The predicted molar refractivity (Wildman–Crippen MR) is 77.8 cm³/mol. The Morgan fingerprint density at radius 3 is 2.95 bits per heavy atom. The number of hydrogen-bond acceptors (Lipinski definition) is 2. The van der Waals surface area contributed by atoms with Crippen LogP contribution in [0.1, 0.15) is 58.8 Å². The minimum Gasteiger partial charge on any atom is -0.466 e. The maximum atomic E-state index is 12.2. The van der Waals surface area contributed by atoms with Gasteiger partial charge in [0.1, 0.15) is 0 Å². The number of allylic oxidation sites excluding steroid dienone is 4. The normalized spacial score (nSPS) is 29.6. The Kier molecular flexibility index (Phi) is 4.84. The number of carbonyl (C=O) groups excluding carboxylic acids is 1. The third-order valence-corrected chi connectivity index (χ3v) is 4.57. The molecule has 0 heterocycles. The second kappa shape index (κ2) is 6.40. The van der Waals surface area contributed by atoms with Crippen molar-refractivity contribution in [2.75, 3.05) is 6.61 Å². The first-order valence-electron chi connectivity index (χ1n) is 7.78. The summed E-state index contributed by atoms with van der Waals surface area (Å²) in [6, 6.07) is 0. The fraction of sp³-hybridized carbons (Fsp3) is 0.706. The van der Waals surface area contributed by atoms with E-state index in [2.05, 4.69) is 25.2 Å². The molecule has 0 fully saturated rings. The van der Waals surface area contributed by atoms with Gasteiger partial charge in [-0.25, -0.2) is 0 Å². The monoisotopic (exact) mass is 262 g/mol. The molecule has 106 valence electrons. The van der Waals surface area contributed by atoms with E-state index >= 15 is 0 Å². The summed E-state index contributed by atoms with van der Waals surface area (Å²) in [6.45, 7) is 4.60. The highest BCUT2D eigenvalue weighted by Crippen LogP contribution is 2.52. The van der Waals surface area contributed by atoms with Crippen molar-refractivity contribution in [2.45, 2.75) is 58.8 Å². The van der Waals surface area contributed by atoms with Crippen molar-refractivity contribution >= 4 is 5.97 Å². The first-order valence-corrected chi connectivity index (χ1v) is 7.78. The molecule has 2 aliphatic rings. The second-order valence-electron chi connectivity index (χ2n) is 5.71. The Bertz CT molecular complexity index is 381. The molecule has 2 nitrogen and oxygen atoms in total. The average Bonchev–Trinajstić information content (AvgIpc) is 2.76. The van der Waals surface area contributed by atoms with E-state index in [-0.39, 0.29) is 17.3 Å². The van der Waals surface area contributed by atoms with Crippen LogP contribution < -0.4 is 0 Å². The van der Waals surface area contributed by atoms with Crippen LogP contribution in [-0.2, 0) is 9.53 Å². The number of ether oxygens (including phenoxy) is 1. The van der Waals surface area contributed by atoms with Gasteiger partial charge in [0.05, 0.1) is 12.5 Å². The molecule has 0 N–H and O–H groups in total. The molecule has 2 rings (SSSR count). The Balaban J connectivity index is 2.20. The van der Waals surface area contributed by atoms with E-state index in [1.54, 1.807) is 0 Å². The van der Waals surface area contributed by atoms with Crippen LogP contribution in [0.5, 0.6) is 0 Å². The lowest BCUT2D eigenvalue weighted by molar-refractivity contribution is -0.150. The topological polar surface area (TPSA) is 26.3 Å². The van der Waals surface area contributed by atoms with Gasteiger partial charge in [0.25, 0.3) is 0 Å². The summed E-state index contributed by atoms with van der Waals surface area (Å²) in [6.07, 6.45) is 14.8. The smallest absolute Gasteiger partial charge is 0.310 e. The van der Waals surface area contributed by atoms with Gasteiger partial charge in [0, 0.05) is 5.41 Å². The summed E-state index contributed by atoms with van der Waals surface area (Å²) in [4.78, 5) is 12.2. The lowest BCUT2D eigenvalue weighted by atomic mass is 9.67. The van der Waals surface area contributed by atoms with Crippen molar-refractivity contribution in [1.29, 1.82) is 0 Å². The largest absolute Gasteiger partial charge is 0.466 e. The highest BCUT2D eigenvalue weighted by molar-refractivity contribution is 5.76. The van der Waals surface area contributed by atoms with Gasteiger partial charge in [0.15, 0.2) is 0 Å². The summed E-state index contributed by atoms with van der Waals surface area (Å²) < 4.78 is 5.30. The van der Waals surface area contributed by atoms with Crippen molar-refractivity contribution in [3.05, 3.63) is 23.8 Å². The number of rotatable bonds is 5. The SMILES string of the molecule is CCCCC1=CCC(C(=O)OCC)C12C=CCCC2. The van der Waals surface area contributed by atoms with Gasteiger partial charge < -0.3 is 4.74 Å². The molecule has 2 aliphatic carbocycles. The molecule has 0 aliphatic heterocycles. The highest BCUT2D eigenvalue weighted by Gasteiger charge is 2.47. The van der Waals surface area contributed by atoms with Gasteiger partial charge in [0.2, 0.25) is 0 Å². The van der Waals surface area contributed by atoms with Gasteiger partial charge >= 0.3 is 5.97 Å². The van der Waals surface area contributed by atoms with E-state index in [1.165, 1.54) is 24.8 Å². The zero-order valence-corrected chi connectivity index (χ0v) is 12.3. The van der Waals surface area contributed by atoms with E-state index in [1.807, 2.05) is 6.92 Å². The number of hydrogen-bond donors (Lipinski definition) is 0. The molecule has 0 saturated carbocycles. The molecule has 0 bridgehead atoms. The highest BCUT2D eigenvalue weighted by atomic mass is 16.5. The summed E-state index contributed by atoms with van der Waals surface area (Å²) >= 11 is 0. The Morgan fingerprint density at radius 2 is 2.32 bits per heavy atom. The molecule has 0 aromatic rings. The molecule has 2 unspecified atom stereocenters. The maximum Gasteiger partial charge on any atom is 0.310 e. The lowest BCUT2D eigenvalue weighted by Gasteiger charge is -2.37. The van der Waals surface area contributed by atoms with Gasteiger partial charge in [-0.2, -0.15) is 0 Å². The van der Waals surface area contributed by atoms with E-state index in [0.717, 1.165) is 25.7 Å². The van der Waals surface area contributed by atoms with E-state index in [4.69, 9.17) is 4.74 Å². The molecule has 0 saturated heterocycles. The Morgan fingerprint density at radius 1 is 1.47 bits per heavy atom. The molecule has 0 aromatic carbocycles. The molecular formula is C17H26O2. The van der Waals surface area contributed by atoms with Crippen molar-refractivity contribution in [3.63, 3.8) is 0 Å². The second-order valence-corrected chi connectivity index (χ2v) is 5.71. The Labute approximate surface area is 116 Å². The zero-order chi connectivity index (χ0) is 13.7. The summed E-state index contributed by atoms with van der Waals surface area (Å²) in [5.74, 6) is 0.0210. The Hall–Kier alpha value is -1.05. The molecule has 2 heteroatoms. The van der Waals surface area contributed by atoms with E-state index in [0.29, 0.717) is 6.61 Å². The van der Waals surface area contributed by atoms with Crippen LogP contribution in [0.15, 0.2) is 23.8 Å². The molecule has 0 amide bonds. The van der Waals surface area contributed by atoms with E-state index < -0.39 is 0 Å². The van der Waals surface area contributed by atoms with Crippen LogP contribution in [0.2, 0.25) is 0 Å². The van der Waals surface area contributed by atoms with Crippen LogP contribution in [0.4, 0.5) is 0 Å². The van der Waals surface area contributed by atoms with Crippen LogP contribution in [0, 0.1) is 11.3 Å². The number of carbonyl (C=O) groups is 1. The minimum absolute atomic E-state index is 0.00296. The lowest BCUT2D eigenvalue weighted by Crippen LogP contribution is -2.35. The quantitative estimate of drug-likeness (QED) is 0.542. The first-order chi connectivity index (χ1) is 9.24. The number of esters is 1. The summed E-state index contributed by atoms with van der Waals surface area (Å²) in [5, 5.41) is 0. The van der Waals surface area contributed by atoms with Crippen molar-refractivity contribution in [2.24, 2.45) is 11.3 Å². The third kappa shape index (κ3) is 2.77. The van der Waals surface area contributed by atoms with Crippen molar-refractivity contribution in [1.82, 2.24) is 0 Å². The summed E-state index contributed by atoms with van der Waals surface area (Å²) in [7, 11) is 0. The first kappa shape index (κ1) is 14.4.